The van der Waals surface area contributed by atoms with Crippen LogP contribution in [0.25, 0.3) is 11.1 Å². The summed E-state index contributed by atoms with van der Waals surface area (Å²) in [5.41, 5.74) is 3.87. The molecule has 12 heteroatoms. The maximum Gasteiger partial charge on any atom is 0.270 e. The lowest BCUT2D eigenvalue weighted by Crippen LogP contribution is -2.50. The molecule has 0 unspecified atom stereocenters. The number of hydrogen-bond acceptors (Lipinski definition) is 6. The summed E-state index contributed by atoms with van der Waals surface area (Å²) in [6, 6.07) is 5.73. The minimum atomic E-state index is -1.17. The van der Waals surface area contributed by atoms with E-state index in [1.54, 1.807) is 23.0 Å². The molecule has 0 aliphatic heterocycles. The predicted molar refractivity (Wildman–Crippen MR) is 171 cm³/mol. The summed E-state index contributed by atoms with van der Waals surface area (Å²) in [6.07, 6.45) is 5.95. The van der Waals surface area contributed by atoms with Crippen LogP contribution in [-0.2, 0) is 22.8 Å². The fourth-order valence-corrected chi connectivity index (χ4v) is 6.86. The highest BCUT2D eigenvalue weighted by Crippen LogP contribution is 2.51. The SMILES string of the molecule is CCn1nccc1C(=O)N[C@H](C(=O)Nc1ccc(-c2c(C)nn(COCC[Si](C)(C)C)c2C)c(Cl)n1)C(C1CC1)C1CC1. The molecule has 0 bridgehead atoms. The zero-order chi connectivity index (χ0) is 30.9. The monoisotopic (exact) mass is 625 g/mol. The van der Waals surface area contributed by atoms with Crippen LogP contribution in [0.2, 0.25) is 30.8 Å². The molecule has 0 saturated heterocycles. The molecule has 10 nitrogen and oxygen atoms in total. The summed E-state index contributed by atoms with van der Waals surface area (Å²) >= 11 is 6.72. The lowest BCUT2D eigenvalue weighted by molar-refractivity contribution is -0.119. The third-order valence-electron chi connectivity index (χ3n) is 8.50. The van der Waals surface area contributed by atoms with Crippen molar-refractivity contribution in [1.82, 2.24) is 29.9 Å². The summed E-state index contributed by atoms with van der Waals surface area (Å²) < 4.78 is 9.42. The third kappa shape index (κ3) is 7.56. The van der Waals surface area contributed by atoms with Gasteiger partial charge >= 0.3 is 0 Å². The molecule has 2 fully saturated rings. The number of ether oxygens (including phenoxy) is 1. The molecule has 2 amide bonds. The Bertz CT molecular complexity index is 1460. The van der Waals surface area contributed by atoms with Crippen molar-refractivity contribution < 1.29 is 14.3 Å². The van der Waals surface area contributed by atoms with Gasteiger partial charge in [-0.3, -0.25) is 14.3 Å². The maximum absolute atomic E-state index is 13.8. The maximum atomic E-state index is 13.8. The Labute approximate surface area is 259 Å². The molecule has 2 saturated carbocycles. The summed E-state index contributed by atoms with van der Waals surface area (Å²) in [5, 5.41) is 15.2. The van der Waals surface area contributed by atoms with Crippen LogP contribution in [0.4, 0.5) is 5.82 Å². The van der Waals surface area contributed by atoms with Gasteiger partial charge in [-0.05, 0) is 88.5 Å². The molecule has 0 aromatic carbocycles. The predicted octanol–water partition coefficient (Wildman–Crippen LogP) is 5.92. The van der Waals surface area contributed by atoms with E-state index in [4.69, 9.17) is 16.3 Å². The standard InChI is InChI=1S/C31H44ClN7O3Si/c1-7-38-24(14-15-33-38)30(40)36-28(27(21-8-9-21)22-10-11-22)31(41)35-25-13-12-23(29(32)34-25)26-19(2)37-39(20(26)3)18-42-16-17-43(4,5)6/h12-15,21-22,27-28H,7-11,16-18H2,1-6H3,(H,36,40)(H,34,35,41)/t28-/m0/s1. The molecular formula is C31H44ClN7O3Si. The van der Waals surface area contributed by atoms with Crippen LogP contribution in [0.5, 0.6) is 0 Å². The number of halogens is 1. The number of carbonyl (C=O) groups is 2. The summed E-state index contributed by atoms with van der Waals surface area (Å²) in [7, 11) is -1.17. The van der Waals surface area contributed by atoms with E-state index in [0.29, 0.717) is 43.2 Å². The van der Waals surface area contributed by atoms with E-state index >= 15 is 0 Å². The zero-order valence-electron chi connectivity index (χ0n) is 26.1. The minimum Gasteiger partial charge on any atom is -0.360 e. The number of hydrogen-bond donors (Lipinski definition) is 2. The Morgan fingerprint density at radius 1 is 1.09 bits per heavy atom. The minimum absolute atomic E-state index is 0.0980. The Morgan fingerprint density at radius 3 is 2.40 bits per heavy atom. The highest BCUT2D eigenvalue weighted by molar-refractivity contribution is 6.76. The number of pyridine rings is 1. The molecule has 2 N–H and O–H groups in total. The zero-order valence-corrected chi connectivity index (χ0v) is 27.9. The van der Waals surface area contributed by atoms with Gasteiger partial charge < -0.3 is 15.4 Å². The highest BCUT2D eigenvalue weighted by Gasteiger charge is 2.48. The van der Waals surface area contributed by atoms with Gasteiger partial charge in [0.2, 0.25) is 5.91 Å². The highest BCUT2D eigenvalue weighted by atomic mass is 35.5. The Balaban J connectivity index is 1.31. The number of anilines is 1. The van der Waals surface area contributed by atoms with Gasteiger partial charge in [0.05, 0.1) is 5.69 Å². The molecule has 2 aliphatic carbocycles. The molecule has 3 aromatic heterocycles. The van der Waals surface area contributed by atoms with E-state index < -0.39 is 14.1 Å². The first-order valence-corrected chi connectivity index (χ1v) is 19.5. The smallest absolute Gasteiger partial charge is 0.270 e. The van der Waals surface area contributed by atoms with E-state index in [1.165, 1.54) is 0 Å². The Hall–Kier alpha value is -3.02. The van der Waals surface area contributed by atoms with Crippen LogP contribution in [0.3, 0.4) is 0 Å². The van der Waals surface area contributed by atoms with Crippen molar-refractivity contribution in [2.24, 2.45) is 17.8 Å². The molecule has 0 spiro atoms. The van der Waals surface area contributed by atoms with Gasteiger partial charge in [-0.15, -0.1) is 0 Å². The van der Waals surface area contributed by atoms with E-state index in [2.05, 4.69) is 45.5 Å². The molecule has 43 heavy (non-hydrogen) atoms. The summed E-state index contributed by atoms with van der Waals surface area (Å²) in [5.74, 6) is 0.771. The van der Waals surface area contributed by atoms with Gasteiger partial charge in [0.15, 0.2) is 0 Å². The van der Waals surface area contributed by atoms with Crippen molar-refractivity contribution in [2.75, 3.05) is 11.9 Å². The Kier molecular flexibility index (Phi) is 9.43. The van der Waals surface area contributed by atoms with E-state index in [0.717, 1.165) is 54.2 Å². The lowest BCUT2D eigenvalue weighted by atomic mass is 9.88. The second-order valence-corrected chi connectivity index (χ2v) is 19.1. The van der Waals surface area contributed by atoms with Crippen molar-refractivity contribution in [3.63, 3.8) is 0 Å². The molecule has 3 heterocycles. The van der Waals surface area contributed by atoms with Crippen molar-refractivity contribution in [3.05, 3.63) is 46.6 Å². The van der Waals surface area contributed by atoms with Crippen LogP contribution in [-0.4, -0.2) is 57.1 Å². The fourth-order valence-electron chi connectivity index (χ4n) is 5.86. The first kappa shape index (κ1) is 31.4. The normalized spacial score (nSPS) is 16.0. The number of carbonyl (C=O) groups excluding carboxylic acids is 2. The van der Waals surface area contributed by atoms with Gasteiger partial charge in [-0.1, -0.05) is 31.2 Å². The molecular weight excluding hydrogens is 582 g/mol. The molecule has 3 aromatic rings. The van der Waals surface area contributed by atoms with E-state index in [9.17, 15) is 9.59 Å². The van der Waals surface area contributed by atoms with Crippen molar-refractivity contribution in [2.45, 2.75) is 91.5 Å². The number of rotatable bonds is 14. The van der Waals surface area contributed by atoms with Crippen LogP contribution in [0.15, 0.2) is 24.4 Å². The van der Waals surface area contributed by atoms with Gasteiger partial charge in [0.25, 0.3) is 5.91 Å². The van der Waals surface area contributed by atoms with Gasteiger partial charge in [0.1, 0.15) is 29.4 Å². The van der Waals surface area contributed by atoms with Crippen LogP contribution >= 0.6 is 11.6 Å². The average molecular weight is 626 g/mol. The van der Waals surface area contributed by atoms with Crippen molar-refractivity contribution in [1.29, 1.82) is 0 Å². The molecule has 2 aliphatic rings. The first-order chi connectivity index (χ1) is 20.5. The summed E-state index contributed by atoms with van der Waals surface area (Å²) in [6.45, 7) is 14.5. The lowest BCUT2D eigenvalue weighted by Gasteiger charge is -2.27. The second kappa shape index (κ2) is 12.9. The number of nitrogens with one attached hydrogen (secondary N) is 2. The van der Waals surface area contributed by atoms with E-state index in [-0.39, 0.29) is 22.9 Å². The van der Waals surface area contributed by atoms with Crippen LogP contribution in [0, 0.1) is 31.6 Å². The molecule has 0 radical (unpaired) electrons. The quantitative estimate of drug-likeness (QED) is 0.131. The largest absolute Gasteiger partial charge is 0.360 e. The Morgan fingerprint density at radius 2 is 1.79 bits per heavy atom. The fraction of sp³-hybridized carbons (Fsp3) is 0.581. The van der Waals surface area contributed by atoms with Crippen LogP contribution in [0.1, 0.15) is 54.5 Å². The third-order valence-corrected chi connectivity index (χ3v) is 10.5. The summed E-state index contributed by atoms with van der Waals surface area (Å²) in [4.78, 5) is 31.6. The number of aryl methyl sites for hydroxylation is 2. The van der Waals surface area contributed by atoms with Gasteiger partial charge in [0, 0.05) is 44.2 Å². The van der Waals surface area contributed by atoms with Gasteiger partial charge in [-0.2, -0.15) is 10.2 Å². The van der Waals surface area contributed by atoms with Gasteiger partial charge in [-0.25, -0.2) is 9.67 Å². The second-order valence-electron chi connectivity index (χ2n) is 13.2. The molecule has 232 valence electrons. The molecule has 1 atom stereocenters. The average Bonchev–Trinajstić information content (AvgIpc) is 3.88. The van der Waals surface area contributed by atoms with Crippen LogP contribution < -0.4 is 10.6 Å². The van der Waals surface area contributed by atoms with Crippen molar-refractivity contribution >= 4 is 37.3 Å². The molecule has 5 rings (SSSR count). The number of aromatic nitrogens is 5. The van der Waals surface area contributed by atoms with Crippen molar-refractivity contribution in [3.8, 4) is 11.1 Å². The number of amides is 2. The topological polar surface area (TPSA) is 116 Å². The number of nitrogens with zero attached hydrogens (tertiary/aromatic N) is 5. The van der Waals surface area contributed by atoms with E-state index in [1.807, 2.05) is 31.5 Å². The first-order valence-electron chi connectivity index (χ1n) is 15.4.